The number of methoxy groups -OCH3 is 2. The van der Waals surface area contributed by atoms with Crippen LogP contribution in [0.1, 0.15) is 30.0 Å². The monoisotopic (exact) mass is 237 g/mol. The van der Waals surface area contributed by atoms with Gasteiger partial charge in [-0.3, -0.25) is 0 Å². The first kappa shape index (κ1) is 14.0. The largest absolute Gasteiger partial charge is 0.496 e. The molecule has 0 saturated heterocycles. The van der Waals surface area contributed by atoms with Gasteiger partial charge in [-0.1, -0.05) is 17.7 Å². The van der Waals surface area contributed by atoms with Gasteiger partial charge in [0.2, 0.25) is 0 Å². The van der Waals surface area contributed by atoms with Gasteiger partial charge in [-0.2, -0.15) is 0 Å². The first-order valence-electron chi connectivity index (χ1n) is 6.03. The third-order valence-electron chi connectivity index (χ3n) is 2.95. The number of nitrogens with one attached hydrogen (secondary N) is 1. The van der Waals surface area contributed by atoms with E-state index in [4.69, 9.17) is 9.47 Å². The van der Waals surface area contributed by atoms with E-state index in [-0.39, 0.29) is 0 Å². The Bertz CT molecular complexity index is 339. The zero-order valence-electron chi connectivity index (χ0n) is 11.2. The lowest BCUT2D eigenvalue weighted by molar-refractivity contribution is 0.189. The number of ether oxygens (including phenoxy) is 2. The molecular formula is C14H23NO2. The summed E-state index contributed by atoms with van der Waals surface area (Å²) in [6.45, 7) is 2.90. The van der Waals surface area contributed by atoms with E-state index in [1.165, 1.54) is 11.1 Å². The number of aryl methyl sites for hydroxylation is 1. The molecule has 0 heterocycles. The molecule has 3 heteroatoms. The Morgan fingerprint density at radius 3 is 2.65 bits per heavy atom. The van der Waals surface area contributed by atoms with Crippen molar-refractivity contribution in [3.8, 4) is 5.75 Å². The Labute approximate surface area is 104 Å². The molecule has 0 aliphatic heterocycles. The van der Waals surface area contributed by atoms with Gasteiger partial charge in [-0.05, 0) is 32.9 Å². The predicted octanol–water partition coefficient (Wildman–Crippen LogP) is 2.69. The van der Waals surface area contributed by atoms with E-state index in [0.717, 1.165) is 25.2 Å². The van der Waals surface area contributed by atoms with E-state index in [0.29, 0.717) is 6.04 Å². The Morgan fingerprint density at radius 1 is 1.29 bits per heavy atom. The van der Waals surface area contributed by atoms with Crippen molar-refractivity contribution in [1.82, 2.24) is 5.32 Å². The third kappa shape index (κ3) is 4.02. The van der Waals surface area contributed by atoms with E-state index < -0.39 is 0 Å². The number of rotatable bonds is 7. The maximum atomic E-state index is 5.42. The maximum Gasteiger partial charge on any atom is 0.123 e. The molecular weight excluding hydrogens is 214 g/mol. The average Bonchev–Trinajstić information content (AvgIpc) is 2.35. The molecule has 96 valence electrons. The van der Waals surface area contributed by atoms with Crippen molar-refractivity contribution in [2.75, 3.05) is 27.9 Å². The van der Waals surface area contributed by atoms with Gasteiger partial charge in [0.1, 0.15) is 5.75 Å². The van der Waals surface area contributed by atoms with Crippen molar-refractivity contribution >= 4 is 0 Å². The quantitative estimate of drug-likeness (QED) is 0.740. The fourth-order valence-electron chi connectivity index (χ4n) is 2.01. The summed E-state index contributed by atoms with van der Waals surface area (Å²) in [6, 6.07) is 6.61. The van der Waals surface area contributed by atoms with E-state index >= 15 is 0 Å². The molecule has 0 radical (unpaired) electrons. The Morgan fingerprint density at radius 2 is 2.06 bits per heavy atom. The van der Waals surface area contributed by atoms with Crippen LogP contribution in [0.5, 0.6) is 5.75 Å². The van der Waals surface area contributed by atoms with E-state index in [2.05, 4.69) is 24.4 Å². The number of hydrogen-bond donors (Lipinski definition) is 1. The zero-order chi connectivity index (χ0) is 12.7. The molecule has 0 aliphatic rings. The SMILES string of the molecule is CNC(CCCOC)c1cc(C)ccc1OC. The summed E-state index contributed by atoms with van der Waals surface area (Å²) < 4.78 is 10.5. The standard InChI is InChI=1S/C14H23NO2/c1-11-7-8-14(17-4)12(10-11)13(15-2)6-5-9-16-3/h7-8,10,13,15H,5-6,9H2,1-4H3. The molecule has 0 fully saturated rings. The van der Waals surface area contributed by atoms with Crippen LogP contribution in [0.25, 0.3) is 0 Å². The molecule has 1 rings (SSSR count). The normalized spacial score (nSPS) is 12.5. The van der Waals surface area contributed by atoms with Crippen LogP contribution in [0, 0.1) is 6.92 Å². The summed E-state index contributed by atoms with van der Waals surface area (Å²) in [5.41, 5.74) is 2.49. The van der Waals surface area contributed by atoms with Crippen LogP contribution in [0.4, 0.5) is 0 Å². The first-order valence-corrected chi connectivity index (χ1v) is 6.03. The molecule has 0 spiro atoms. The van der Waals surface area contributed by atoms with E-state index in [1.807, 2.05) is 13.1 Å². The van der Waals surface area contributed by atoms with Crippen LogP contribution in [0.3, 0.4) is 0 Å². The van der Waals surface area contributed by atoms with Crippen LogP contribution in [-0.2, 0) is 4.74 Å². The van der Waals surface area contributed by atoms with Crippen LogP contribution < -0.4 is 10.1 Å². The summed E-state index contributed by atoms with van der Waals surface area (Å²) in [5, 5.41) is 3.34. The smallest absolute Gasteiger partial charge is 0.123 e. The molecule has 1 atom stereocenters. The van der Waals surface area contributed by atoms with Crippen LogP contribution in [0.2, 0.25) is 0 Å². The third-order valence-corrected chi connectivity index (χ3v) is 2.95. The van der Waals surface area contributed by atoms with Crippen molar-refractivity contribution in [3.05, 3.63) is 29.3 Å². The lowest BCUT2D eigenvalue weighted by atomic mass is 9.99. The topological polar surface area (TPSA) is 30.5 Å². The van der Waals surface area contributed by atoms with Crippen LogP contribution >= 0.6 is 0 Å². The Kier molecular flexibility index (Phi) is 6.01. The van der Waals surface area contributed by atoms with Crippen molar-refractivity contribution in [1.29, 1.82) is 0 Å². The van der Waals surface area contributed by atoms with E-state index in [1.54, 1.807) is 14.2 Å². The van der Waals surface area contributed by atoms with Crippen molar-refractivity contribution in [2.24, 2.45) is 0 Å². The highest BCUT2D eigenvalue weighted by Crippen LogP contribution is 2.28. The first-order chi connectivity index (χ1) is 8.22. The summed E-state index contributed by atoms with van der Waals surface area (Å²) in [4.78, 5) is 0. The highest BCUT2D eigenvalue weighted by Gasteiger charge is 2.14. The summed E-state index contributed by atoms with van der Waals surface area (Å²) >= 11 is 0. The molecule has 1 aromatic rings. The van der Waals surface area contributed by atoms with Crippen molar-refractivity contribution < 1.29 is 9.47 Å². The fraction of sp³-hybridized carbons (Fsp3) is 0.571. The fourth-order valence-corrected chi connectivity index (χ4v) is 2.01. The molecule has 1 unspecified atom stereocenters. The molecule has 0 bridgehead atoms. The van der Waals surface area contributed by atoms with E-state index in [9.17, 15) is 0 Å². The van der Waals surface area contributed by atoms with Gasteiger partial charge in [0.15, 0.2) is 0 Å². The molecule has 0 amide bonds. The second kappa shape index (κ2) is 7.30. The van der Waals surface area contributed by atoms with Gasteiger partial charge in [0.05, 0.1) is 7.11 Å². The summed E-state index contributed by atoms with van der Waals surface area (Å²) in [5.74, 6) is 0.951. The minimum Gasteiger partial charge on any atom is -0.496 e. The van der Waals surface area contributed by atoms with Gasteiger partial charge in [-0.15, -0.1) is 0 Å². The molecule has 1 N–H and O–H groups in total. The molecule has 0 saturated carbocycles. The Hall–Kier alpha value is -1.06. The molecule has 1 aromatic carbocycles. The van der Waals surface area contributed by atoms with Gasteiger partial charge in [0, 0.05) is 25.3 Å². The lowest BCUT2D eigenvalue weighted by Gasteiger charge is -2.19. The molecule has 0 aliphatic carbocycles. The van der Waals surface area contributed by atoms with Crippen molar-refractivity contribution in [3.63, 3.8) is 0 Å². The highest BCUT2D eigenvalue weighted by atomic mass is 16.5. The second-order valence-corrected chi connectivity index (χ2v) is 4.22. The van der Waals surface area contributed by atoms with Crippen LogP contribution in [0.15, 0.2) is 18.2 Å². The Balaban J connectivity index is 2.82. The molecule has 17 heavy (non-hydrogen) atoms. The van der Waals surface area contributed by atoms with Gasteiger partial charge < -0.3 is 14.8 Å². The molecule has 0 aromatic heterocycles. The average molecular weight is 237 g/mol. The van der Waals surface area contributed by atoms with Crippen LogP contribution in [-0.4, -0.2) is 27.9 Å². The summed E-state index contributed by atoms with van der Waals surface area (Å²) in [7, 11) is 5.44. The summed E-state index contributed by atoms with van der Waals surface area (Å²) in [6.07, 6.45) is 2.09. The highest BCUT2D eigenvalue weighted by molar-refractivity contribution is 5.39. The van der Waals surface area contributed by atoms with Gasteiger partial charge in [0.25, 0.3) is 0 Å². The minimum absolute atomic E-state index is 0.319. The van der Waals surface area contributed by atoms with Crippen molar-refractivity contribution in [2.45, 2.75) is 25.8 Å². The van der Waals surface area contributed by atoms with Gasteiger partial charge in [-0.25, -0.2) is 0 Å². The minimum atomic E-state index is 0.319. The van der Waals surface area contributed by atoms with Gasteiger partial charge >= 0.3 is 0 Å². The maximum absolute atomic E-state index is 5.42. The lowest BCUT2D eigenvalue weighted by Crippen LogP contribution is -2.18. The predicted molar refractivity (Wildman–Crippen MR) is 70.6 cm³/mol. The second-order valence-electron chi connectivity index (χ2n) is 4.22. The number of benzene rings is 1. The zero-order valence-corrected chi connectivity index (χ0v) is 11.2. The number of hydrogen-bond acceptors (Lipinski definition) is 3. The molecule has 3 nitrogen and oxygen atoms in total.